The fraction of sp³-hybridized carbons (Fsp3) is 0.636. The van der Waals surface area contributed by atoms with Crippen molar-refractivity contribution in [3.63, 3.8) is 0 Å². The first kappa shape index (κ1) is 12.2. The van der Waals surface area contributed by atoms with Crippen molar-refractivity contribution < 1.29 is 0 Å². The Balaban J connectivity index is 2.87. The van der Waals surface area contributed by atoms with Crippen LogP contribution in [0.1, 0.15) is 34.6 Å². The van der Waals surface area contributed by atoms with Gasteiger partial charge in [0.15, 0.2) is 0 Å². The van der Waals surface area contributed by atoms with E-state index in [1.54, 1.807) is 6.20 Å². The van der Waals surface area contributed by atoms with Crippen LogP contribution in [0.25, 0.3) is 0 Å². The molecule has 15 heavy (non-hydrogen) atoms. The van der Waals surface area contributed by atoms with Crippen LogP contribution >= 0.6 is 11.6 Å². The summed E-state index contributed by atoms with van der Waals surface area (Å²) in [6, 6.07) is 0. The molecule has 0 aliphatic carbocycles. The summed E-state index contributed by atoms with van der Waals surface area (Å²) in [5.41, 5.74) is 0.0450. The maximum atomic E-state index is 5.77. The van der Waals surface area contributed by atoms with Crippen LogP contribution < -0.4 is 5.32 Å². The monoisotopic (exact) mass is 227 g/mol. The molecule has 0 fully saturated rings. The maximum Gasteiger partial charge on any atom is 0.149 e. The summed E-state index contributed by atoms with van der Waals surface area (Å²) in [5, 5.41) is 3.75. The second-order valence-electron chi connectivity index (χ2n) is 5.23. The Kier molecular flexibility index (Phi) is 3.24. The fourth-order valence-corrected chi connectivity index (χ4v) is 1.06. The molecule has 84 valence electrons. The van der Waals surface area contributed by atoms with Crippen LogP contribution in [0.3, 0.4) is 0 Å². The molecule has 1 aromatic heterocycles. The van der Waals surface area contributed by atoms with Gasteiger partial charge in [-0.15, -0.1) is 0 Å². The highest BCUT2D eigenvalue weighted by Gasteiger charge is 2.32. The van der Waals surface area contributed by atoms with Gasteiger partial charge >= 0.3 is 0 Å². The Bertz CT molecular complexity index is 342. The Labute approximate surface area is 96.3 Å². The van der Waals surface area contributed by atoms with Crippen molar-refractivity contribution in [1.29, 1.82) is 0 Å². The number of aromatic nitrogens is 2. The van der Waals surface area contributed by atoms with Crippen LogP contribution in [0, 0.1) is 5.41 Å². The zero-order chi connectivity index (χ0) is 11.7. The molecule has 0 aliphatic heterocycles. The summed E-state index contributed by atoms with van der Waals surface area (Å²) in [5.74, 6) is 0.711. The number of halogens is 1. The summed E-state index contributed by atoms with van der Waals surface area (Å²) >= 11 is 5.77. The van der Waals surface area contributed by atoms with E-state index in [4.69, 9.17) is 11.6 Å². The molecule has 1 heterocycles. The number of rotatable bonds is 2. The molecule has 0 atom stereocenters. The summed E-state index contributed by atoms with van der Waals surface area (Å²) < 4.78 is 0. The van der Waals surface area contributed by atoms with Crippen molar-refractivity contribution in [2.75, 3.05) is 5.32 Å². The van der Waals surface area contributed by atoms with E-state index in [-0.39, 0.29) is 11.0 Å². The average molecular weight is 228 g/mol. The molecule has 0 saturated heterocycles. The minimum Gasteiger partial charge on any atom is -0.363 e. The number of hydrogen-bond donors (Lipinski definition) is 1. The third-order valence-electron chi connectivity index (χ3n) is 2.92. The molecule has 4 heteroatoms. The third kappa shape index (κ3) is 3.06. The fourth-order valence-electron chi connectivity index (χ4n) is 0.910. The minimum atomic E-state index is -0.0770. The predicted octanol–water partition coefficient (Wildman–Crippen LogP) is 3.37. The molecule has 0 spiro atoms. The van der Waals surface area contributed by atoms with Crippen molar-refractivity contribution in [2.45, 2.75) is 40.2 Å². The molecule has 3 nitrogen and oxygen atoms in total. The van der Waals surface area contributed by atoms with E-state index in [1.807, 2.05) is 0 Å². The van der Waals surface area contributed by atoms with Crippen LogP contribution in [0.15, 0.2) is 12.4 Å². The van der Waals surface area contributed by atoms with Crippen molar-refractivity contribution in [3.8, 4) is 0 Å². The highest BCUT2D eigenvalue weighted by atomic mass is 35.5. The van der Waals surface area contributed by atoms with Crippen LogP contribution in [0.4, 0.5) is 5.82 Å². The Morgan fingerprint density at radius 2 is 1.73 bits per heavy atom. The van der Waals surface area contributed by atoms with Gasteiger partial charge in [0.05, 0.1) is 12.4 Å². The van der Waals surface area contributed by atoms with E-state index >= 15 is 0 Å². The topological polar surface area (TPSA) is 37.8 Å². The molecule has 1 aromatic rings. The van der Waals surface area contributed by atoms with Gasteiger partial charge in [-0.05, 0) is 19.3 Å². The smallest absolute Gasteiger partial charge is 0.149 e. The number of anilines is 1. The summed E-state index contributed by atoms with van der Waals surface area (Å²) in [6.07, 6.45) is 3.20. The zero-order valence-electron chi connectivity index (χ0n) is 9.93. The Hall–Kier alpha value is -0.830. The molecule has 1 rings (SSSR count). The lowest BCUT2D eigenvalue weighted by Gasteiger charge is -2.39. The molecule has 0 amide bonds. The van der Waals surface area contributed by atoms with Gasteiger partial charge in [-0.3, -0.25) is 4.98 Å². The van der Waals surface area contributed by atoms with E-state index in [0.717, 1.165) is 0 Å². The van der Waals surface area contributed by atoms with Crippen molar-refractivity contribution >= 4 is 17.4 Å². The van der Waals surface area contributed by atoms with E-state index in [2.05, 4.69) is 49.9 Å². The molecular weight excluding hydrogens is 210 g/mol. The second kappa shape index (κ2) is 3.97. The highest BCUT2D eigenvalue weighted by molar-refractivity contribution is 6.29. The predicted molar refractivity (Wildman–Crippen MR) is 64.2 cm³/mol. The van der Waals surface area contributed by atoms with E-state index in [1.165, 1.54) is 6.20 Å². The Morgan fingerprint density at radius 1 is 1.13 bits per heavy atom. The van der Waals surface area contributed by atoms with Crippen LogP contribution in [0.5, 0.6) is 0 Å². The quantitative estimate of drug-likeness (QED) is 0.842. The first-order chi connectivity index (χ1) is 6.72. The summed E-state index contributed by atoms with van der Waals surface area (Å²) in [4.78, 5) is 8.16. The van der Waals surface area contributed by atoms with Crippen molar-refractivity contribution in [3.05, 3.63) is 17.5 Å². The largest absolute Gasteiger partial charge is 0.363 e. The number of nitrogens with one attached hydrogen (secondary N) is 1. The maximum absolute atomic E-state index is 5.77. The second-order valence-corrected chi connectivity index (χ2v) is 5.61. The van der Waals surface area contributed by atoms with Gasteiger partial charge in [-0.2, -0.15) is 0 Å². The molecule has 0 radical (unpaired) electrons. The summed E-state index contributed by atoms with van der Waals surface area (Å²) in [6.45, 7) is 10.8. The molecular formula is C11H18ClN3. The lowest BCUT2D eigenvalue weighted by Crippen LogP contribution is -2.44. The van der Waals surface area contributed by atoms with Gasteiger partial charge in [0.2, 0.25) is 0 Å². The molecule has 0 aliphatic rings. The van der Waals surface area contributed by atoms with Gasteiger partial charge in [0.25, 0.3) is 0 Å². The van der Waals surface area contributed by atoms with Crippen molar-refractivity contribution in [1.82, 2.24) is 9.97 Å². The molecule has 0 unspecified atom stereocenters. The number of nitrogens with zero attached hydrogens (tertiary/aromatic N) is 2. The lowest BCUT2D eigenvalue weighted by molar-refractivity contribution is 0.253. The van der Waals surface area contributed by atoms with Gasteiger partial charge in [0.1, 0.15) is 11.0 Å². The van der Waals surface area contributed by atoms with E-state index in [9.17, 15) is 0 Å². The molecule has 0 aromatic carbocycles. The summed E-state index contributed by atoms with van der Waals surface area (Å²) in [7, 11) is 0. The van der Waals surface area contributed by atoms with Gasteiger partial charge in [-0.1, -0.05) is 32.4 Å². The minimum absolute atomic E-state index is 0.0770. The van der Waals surface area contributed by atoms with Crippen LogP contribution in [-0.2, 0) is 0 Å². The third-order valence-corrected chi connectivity index (χ3v) is 3.10. The molecule has 0 bridgehead atoms. The van der Waals surface area contributed by atoms with Gasteiger partial charge in [0, 0.05) is 5.54 Å². The Morgan fingerprint density at radius 3 is 2.20 bits per heavy atom. The standard InChI is InChI=1S/C11H18ClN3/c1-10(2,3)11(4,5)15-9-7-13-6-8(12)14-9/h6-7H,1-5H3,(H,14,15). The number of hydrogen-bond acceptors (Lipinski definition) is 3. The lowest BCUT2D eigenvalue weighted by atomic mass is 9.76. The van der Waals surface area contributed by atoms with E-state index in [0.29, 0.717) is 11.0 Å². The first-order valence-electron chi connectivity index (χ1n) is 4.98. The van der Waals surface area contributed by atoms with Crippen LogP contribution in [-0.4, -0.2) is 15.5 Å². The van der Waals surface area contributed by atoms with Crippen LogP contribution in [0.2, 0.25) is 5.15 Å². The average Bonchev–Trinajstić information content (AvgIpc) is 2.00. The molecule has 1 N–H and O–H groups in total. The SMILES string of the molecule is CC(C)(C)C(C)(C)Nc1cncc(Cl)n1. The molecule has 0 saturated carbocycles. The zero-order valence-corrected chi connectivity index (χ0v) is 10.7. The highest BCUT2D eigenvalue weighted by Crippen LogP contribution is 2.32. The van der Waals surface area contributed by atoms with Crippen molar-refractivity contribution in [2.24, 2.45) is 5.41 Å². The van der Waals surface area contributed by atoms with Gasteiger partial charge in [-0.25, -0.2) is 4.98 Å². The first-order valence-corrected chi connectivity index (χ1v) is 5.36. The normalized spacial score (nSPS) is 12.7. The van der Waals surface area contributed by atoms with E-state index < -0.39 is 0 Å². The van der Waals surface area contributed by atoms with Gasteiger partial charge < -0.3 is 5.32 Å².